The fourth-order valence-corrected chi connectivity index (χ4v) is 2.69. The van der Waals surface area contributed by atoms with Gasteiger partial charge in [-0.3, -0.25) is 4.90 Å². The molecule has 0 spiro atoms. The Morgan fingerprint density at radius 3 is 2.50 bits per heavy atom. The number of hydrogen-bond donors (Lipinski definition) is 1. The fourth-order valence-electron chi connectivity index (χ4n) is 2.69. The van der Waals surface area contributed by atoms with Crippen molar-refractivity contribution in [2.24, 2.45) is 5.92 Å². The zero-order chi connectivity index (χ0) is 14.5. The van der Waals surface area contributed by atoms with Crippen LogP contribution in [0.5, 0.6) is 0 Å². The molecular formula is C16H23NO3. The highest BCUT2D eigenvalue weighted by atomic mass is 16.5. The third-order valence-electron chi connectivity index (χ3n) is 4.05. The lowest BCUT2D eigenvalue weighted by molar-refractivity contribution is -0.154. The Morgan fingerprint density at radius 2 is 1.95 bits per heavy atom. The van der Waals surface area contributed by atoms with Gasteiger partial charge in [0.05, 0.1) is 7.11 Å². The van der Waals surface area contributed by atoms with Gasteiger partial charge in [-0.25, -0.2) is 4.79 Å². The number of esters is 1. The number of piperidine rings is 1. The number of carbonyl (C=O) groups excluding carboxylic acids is 1. The molecule has 2 rings (SSSR count). The number of aliphatic hydroxyl groups excluding tert-OH is 1. The summed E-state index contributed by atoms with van der Waals surface area (Å²) >= 11 is 0. The van der Waals surface area contributed by atoms with Crippen molar-refractivity contribution in [2.45, 2.75) is 32.4 Å². The van der Waals surface area contributed by atoms with Gasteiger partial charge >= 0.3 is 5.97 Å². The Morgan fingerprint density at radius 1 is 1.35 bits per heavy atom. The predicted molar refractivity (Wildman–Crippen MR) is 77.2 cm³/mol. The summed E-state index contributed by atoms with van der Waals surface area (Å²) < 4.78 is 4.60. The largest absolute Gasteiger partial charge is 0.467 e. The maximum absolute atomic E-state index is 11.3. The van der Waals surface area contributed by atoms with Crippen LogP contribution in [0.1, 0.15) is 24.0 Å². The van der Waals surface area contributed by atoms with Gasteiger partial charge in [-0.2, -0.15) is 0 Å². The van der Waals surface area contributed by atoms with E-state index in [2.05, 4.69) is 40.8 Å². The molecule has 1 unspecified atom stereocenters. The average Bonchev–Trinajstić information content (AvgIpc) is 2.49. The van der Waals surface area contributed by atoms with Crippen molar-refractivity contribution in [3.8, 4) is 0 Å². The summed E-state index contributed by atoms with van der Waals surface area (Å²) in [6.45, 7) is 4.84. The lowest BCUT2D eigenvalue weighted by atomic mass is 9.91. The highest BCUT2D eigenvalue weighted by Gasteiger charge is 2.30. The van der Waals surface area contributed by atoms with E-state index in [4.69, 9.17) is 0 Å². The number of aryl methyl sites for hydroxylation is 1. The summed E-state index contributed by atoms with van der Waals surface area (Å²) in [6.07, 6.45) is 0.700. The van der Waals surface area contributed by atoms with Crippen LogP contribution in [0.15, 0.2) is 24.3 Å². The zero-order valence-electron chi connectivity index (χ0n) is 12.2. The summed E-state index contributed by atoms with van der Waals surface area (Å²) in [5.74, 6) is -0.487. The molecule has 1 atom stereocenters. The maximum Gasteiger partial charge on any atom is 0.334 e. The molecule has 4 heteroatoms. The number of ether oxygens (including phenoxy) is 1. The molecular weight excluding hydrogens is 254 g/mol. The monoisotopic (exact) mass is 277 g/mol. The zero-order valence-corrected chi connectivity index (χ0v) is 12.2. The minimum atomic E-state index is -0.971. The van der Waals surface area contributed by atoms with Crippen molar-refractivity contribution in [2.75, 3.05) is 20.2 Å². The minimum Gasteiger partial charge on any atom is -0.467 e. The SMILES string of the molecule is COC(=O)C(O)C1CCN(Cc2ccc(C)cc2)CC1. The number of likely N-dealkylation sites (tertiary alicyclic amines) is 1. The van der Waals surface area contributed by atoms with Crippen molar-refractivity contribution in [1.29, 1.82) is 0 Å². The number of hydrogen-bond acceptors (Lipinski definition) is 4. The first-order chi connectivity index (χ1) is 9.60. The first-order valence-corrected chi connectivity index (χ1v) is 7.14. The predicted octanol–water partition coefficient (Wildman–Crippen LogP) is 1.74. The van der Waals surface area contributed by atoms with Crippen LogP contribution in [0, 0.1) is 12.8 Å². The minimum absolute atomic E-state index is 0.0247. The normalized spacial score (nSPS) is 18.8. The second-order valence-corrected chi connectivity index (χ2v) is 5.57. The molecule has 110 valence electrons. The van der Waals surface area contributed by atoms with Gasteiger partial charge < -0.3 is 9.84 Å². The quantitative estimate of drug-likeness (QED) is 0.852. The molecule has 0 saturated carbocycles. The molecule has 0 bridgehead atoms. The smallest absolute Gasteiger partial charge is 0.334 e. The molecule has 1 heterocycles. The second-order valence-electron chi connectivity index (χ2n) is 5.57. The van der Waals surface area contributed by atoms with Gasteiger partial charge in [-0.1, -0.05) is 29.8 Å². The van der Waals surface area contributed by atoms with E-state index in [-0.39, 0.29) is 5.92 Å². The van der Waals surface area contributed by atoms with Gasteiger partial charge in [0.25, 0.3) is 0 Å². The topological polar surface area (TPSA) is 49.8 Å². The molecule has 0 aromatic heterocycles. The molecule has 4 nitrogen and oxygen atoms in total. The Bertz CT molecular complexity index is 436. The summed E-state index contributed by atoms with van der Waals surface area (Å²) in [5, 5.41) is 9.86. The van der Waals surface area contributed by atoms with Crippen molar-refractivity contribution >= 4 is 5.97 Å². The lowest BCUT2D eigenvalue weighted by Crippen LogP contribution is -2.40. The molecule has 1 aromatic carbocycles. The molecule has 1 saturated heterocycles. The van der Waals surface area contributed by atoms with E-state index in [9.17, 15) is 9.90 Å². The van der Waals surface area contributed by atoms with Crippen LogP contribution in [0.3, 0.4) is 0 Å². The van der Waals surface area contributed by atoms with Crippen molar-refractivity contribution in [3.05, 3.63) is 35.4 Å². The number of methoxy groups -OCH3 is 1. The van der Waals surface area contributed by atoms with E-state index in [0.717, 1.165) is 32.5 Å². The first-order valence-electron chi connectivity index (χ1n) is 7.14. The van der Waals surface area contributed by atoms with E-state index in [1.807, 2.05) is 0 Å². The second kappa shape index (κ2) is 6.86. The van der Waals surface area contributed by atoms with Crippen LogP contribution < -0.4 is 0 Å². The van der Waals surface area contributed by atoms with Crippen molar-refractivity contribution in [3.63, 3.8) is 0 Å². The fraction of sp³-hybridized carbons (Fsp3) is 0.562. The van der Waals surface area contributed by atoms with Crippen LogP contribution in [-0.4, -0.2) is 42.3 Å². The standard InChI is InChI=1S/C16H23NO3/c1-12-3-5-13(6-4-12)11-17-9-7-14(8-10-17)15(18)16(19)20-2/h3-6,14-15,18H,7-11H2,1-2H3. The van der Waals surface area contributed by atoms with Crippen LogP contribution >= 0.6 is 0 Å². The maximum atomic E-state index is 11.3. The van der Waals surface area contributed by atoms with Gasteiger partial charge in [0.15, 0.2) is 6.10 Å². The highest BCUT2D eigenvalue weighted by Crippen LogP contribution is 2.22. The number of aliphatic hydroxyl groups is 1. The molecule has 1 fully saturated rings. The number of benzene rings is 1. The number of carbonyl (C=O) groups is 1. The molecule has 0 aliphatic carbocycles. The van der Waals surface area contributed by atoms with E-state index >= 15 is 0 Å². The van der Waals surface area contributed by atoms with Gasteiger partial charge in [-0.15, -0.1) is 0 Å². The van der Waals surface area contributed by atoms with E-state index < -0.39 is 12.1 Å². The van der Waals surface area contributed by atoms with E-state index in [1.54, 1.807) is 0 Å². The summed E-state index contributed by atoms with van der Waals surface area (Å²) in [4.78, 5) is 13.7. The Labute approximate surface area is 120 Å². The summed E-state index contributed by atoms with van der Waals surface area (Å²) in [7, 11) is 1.32. The molecule has 1 aliphatic rings. The van der Waals surface area contributed by atoms with Crippen LogP contribution in [-0.2, 0) is 16.1 Å². The van der Waals surface area contributed by atoms with Gasteiger partial charge in [-0.05, 0) is 44.3 Å². The molecule has 1 aliphatic heterocycles. The third-order valence-corrected chi connectivity index (χ3v) is 4.05. The van der Waals surface area contributed by atoms with Gasteiger partial charge in [0.2, 0.25) is 0 Å². The average molecular weight is 277 g/mol. The molecule has 1 N–H and O–H groups in total. The number of nitrogens with zero attached hydrogens (tertiary/aromatic N) is 1. The van der Waals surface area contributed by atoms with Crippen LogP contribution in [0.25, 0.3) is 0 Å². The Balaban J connectivity index is 1.82. The van der Waals surface area contributed by atoms with Crippen molar-refractivity contribution in [1.82, 2.24) is 4.90 Å². The van der Waals surface area contributed by atoms with Crippen LogP contribution in [0.4, 0.5) is 0 Å². The molecule has 20 heavy (non-hydrogen) atoms. The lowest BCUT2D eigenvalue weighted by Gasteiger charge is -2.33. The van der Waals surface area contributed by atoms with Crippen LogP contribution in [0.2, 0.25) is 0 Å². The Hall–Kier alpha value is -1.39. The third kappa shape index (κ3) is 3.81. The molecule has 1 aromatic rings. The number of rotatable bonds is 4. The van der Waals surface area contributed by atoms with Crippen molar-refractivity contribution < 1.29 is 14.6 Å². The van der Waals surface area contributed by atoms with Gasteiger partial charge in [0.1, 0.15) is 0 Å². The summed E-state index contributed by atoms with van der Waals surface area (Å²) in [6, 6.07) is 8.57. The van der Waals surface area contributed by atoms with E-state index in [0.29, 0.717) is 0 Å². The highest BCUT2D eigenvalue weighted by molar-refractivity contribution is 5.74. The van der Waals surface area contributed by atoms with Gasteiger partial charge in [0, 0.05) is 6.54 Å². The summed E-state index contributed by atoms with van der Waals surface area (Å²) in [5.41, 5.74) is 2.58. The Kier molecular flexibility index (Phi) is 5.15. The molecule has 0 radical (unpaired) electrons. The first kappa shape index (κ1) is 15.0. The van der Waals surface area contributed by atoms with E-state index in [1.165, 1.54) is 18.2 Å². The molecule has 0 amide bonds.